The third-order valence-electron chi connectivity index (χ3n) is 10.0. The molecule has 2 aromatic carbocycles. The lowest BCUT2D eigenvalue weighted by Crippen LogP contribution is -2.38. The maximum absolute atomic E-state index is 13.5. The van der Waals surface area contributed by atoms with Crippen molar-refractivity contribution in [3.63, 3.8) is 0 Å². The van der Waals surface area contributed by atoms with E-state index in [-0.39, 0.29) is 5.78 Å². The summed E-state index contributed by atoms with van der Waals surface area (Å²) < 4.78 is 24.2. The van der Waals surface area contributed by atoms with E-state index >= 15 is 0 Å². The molecule has 0 bridgehead atoms. The summed E-state index contributed by atoms with van der Waals surface area (Å²) in [6.45, 7) is 15.6. The first-order valence-corrected chi connectivity index (χ1v) is 18.7. The molecule has 0 spiro atoms. The van der Waals surface area contributed by atoms with Crippen LogP contribution in [0.4, 0.5) is 0 Å². The van der Waals surface area contributed by atoms with Gasteiger partial charge in [0.2, 0.25) is 0 Å². The molecule has 1 saturated carbocycles. The Bertz CT molecular complexity index is 1300. The standard InChI is InChI=1S/C41H58N2O5/c1-5-45-39-29-33(15-19-37(39)47-25-11-23-42-21-9-7-13-31(42)3)27-35-17-18-36(41(35)44)28-34-16-20-38(40(30-34)46-6-2)48-26-12-24-43-22-10-8-14-32(43)4/h15-16,19-20,27-32H,5-14,17-18,21-26H2,1-4H3/b35-27+,36-28+. The van der Waals surface area contributed by atoms with Crippen LogP contribution in [0.25, 0.3) is 12.2 Å². The Kier molecular flexibility index (Phi) is 13.9. The van der Waals surface area contributed by atoms with Crippen LogP contribution in [-0.2, 0) is 4.79 Å². The highest BCUT2D eigenvalue weighted by Crippen LogP contribution is 2.35. The molecule has 2 heterocycles. The number of allylic oxidation sites excluding steroid dienone is 2. The quantitative estimate of drug-likeness (QED) is 0.132. The van der Waals surface area contributed by atoms with Gasteiger partial charge in [-0.3, -0.25) is 4.79 Å². The molecule has 2 aliphatic heterocycles. The first-order chi connectivity index (χ1) is 23.4. The molecule has 3 aliphatic rings. The van der Waals surface area contributed by atoms with E-state index in [1.54, 1.807) is 0 Å². The molecule has 0 radical (unpaired) electrons. The van der Waals surface area contributed by atoms with Crippen LogP contribution >= 0.6 is 0 Å². The maximum atomic E-state index is 13.5. The molecule has 7 heteroatoms. The molecule has 2 unspecified atom stereocenters. The van der Waals surface area contributed by atoms with Gasteiger partial charge in [0.1, 0.15) is 0 Å². The van der Waals surface area contributed by atoms with Crippen molar-refractivity contribution in [3.8, 4) is 23.0 Å². The number of ether oxygens (including phenoxy) is 4. The van der Waals surface area contributed by atoms with Crippen LogP contribution in [0.2, 0.25) is 0 Å². The summed E-state index contributed by atoms with van der Waals surface area (Å²) in [6, 6.07) is 13.3. The van der Waals surface area contributed by atoms with Gasteiger partial charge in [-0.05, 0) is 140 Å². The minimum Gasteiger partial charge on any atom is -0.490 e. The zero-order chi connectivity index (χ0) is 33.7. The van der Waals surface area contributed by atoms with Gasteiger partial charge in [0.05, 0.1) is 26.4 Å². The van der Waals surface area contributed by atoms with Gasteiger partial charge in [0, 0.05) is 36.3 Å². The van der Waals surface area contributed by atoms with Crippen LogP contribution in [-0.4, -0.2) is 80.3 Å². The van der Waals surface area contributed by atoms with Gasteiger partial charge < -0.3 is 28.7 Å². The fourth-order valence-corrected chi connectivity index (χ4v) is 7.26. The van der Waals surface area contributed by atoms with Gasteiger partial charge >= 0.3 is 0 Å². The summed E-state index contributed by atoms with van der Waals surface area (Å²) in [7, 11) is 0. The van der Waals surface area contributed by atoms with E-state index in [1.165, 1.54) is 51.6 Å². The highest BCUT2D eigenvalue weighted by Gasteiger charge is 2.24. The van der Waals surface area contributed by atoms with E-state index in [4.69, 9.17) is 18.9 Å². The summed E-state index contributed by atoms with van der Waals surface area (Å²) in [4.78, 5) is 18.6. The molecule has 0 N–H and O–H groups in total. The molecule has 1 aliphatic carbocycles. The van der Waals surface area contributed by atoms with Crippen molar-refractivity contribution in [1.82, 2.24) is 9.80 Å². The topological polar surface area (TPSA) is 60.5 Å². The van der Waals surface area contributed by atoms with Crippen molar-refractivity contribution in [2.75, 3.05) is 52.6 Å². The fraction of sp³-hybridized carbons (Fsp3) is 0.585. The summed E-state index contributed by atoms with van der Waals surface area (Å²) in [6.07, 6.45) is 15.3. The van der Waals surface area contributed by atoms with Crippen molar-refractivity contribution in [3.05, 3.63) is 58.7 Å². The van der Waals surface area contributed by atoms with Crippen LogP contribution < -0.4 is 18.9 Å². The fourth-order valence-electron chi connectivity index (χ4n) is 7.26. The van der Waals surface area contributed by atoms with Crippen molar-refractivity contribution in [2.24, 2.45) is 0 Å². The molecule has 2 aromatic rings. The lowest BCUT2D eigenvalue weighted by atomic mass is 10.0. The molecule has 0 aromatic heterocycles. The highest BCUT2D eigenvalue weighted by molar-refractivity contribution is 6.15. The number of nitrogens with zero attached hydrogens (tertiary/aromatic N) is 2. The van der Waals surface area contributed by atoms with Crippen LogP contribution in [0.5, 0.6) is 23.0 Å². The average Bonchev–Trinajstić information content (AvgIpc) is 3.42. The van der Waals surface area contributed by atoms with Gasteiger partial charge in [0.15, 0.2) is 28.8 Å². The third-order valence-corrected chi connectivity index (χ3v) is 10.0. The largest absolute Gasteiger partial charge is 0.490 e. The molecule has 2 saturated heterocycles. The van der Waals surface area contributed by atoms with E-state index in [0.717, 1.165) is 84.0 Å². The van der Waals surface area contributed by atoms with E-state index < -0.39 is 0 Å². The summed E-state index contributed by atoms with van der Waals surface area (Å²) >= 11 is 0. The Morgan fingerprint density at radius 3 is 1.52 bits per heavy atom. The number of likely N-dealkylation sites (tertiary alicyclic amines) is 2. The predicted molar refractivity (Wildman–Crippen MR) is 195 cm³/mol. The van der Waals surface area contributed by atoms with Crippen LogP contribution in [0, 0.1) is 0 Å². The zero-order valence-corrected chi connectivity index (χ0v) is 29.9. The number of hydrogen-bond acceptors (Lipinski definition) is 7. The molecule has 5 rings (SSSR count). The Morgan fingerprint density at radius 1 is 0.646 bits per heavy atom. The number of carbonyl (C=O) groups excluding carboxylic acids is 1. The number of benzene rings is 2. The molecular weight excluding hydrogens is 600 g/mol. The molecule has 7 nitrogen and oxygen atoms in total. The number of Topliss-reactive ketones (excluding diaryl/α,β-unsaturated/α-hetero) is 1. The second-order valence-corrected chi connectivity index (χ2v) is 13.6. The average molecular weight is 659 g/mol. The molecule has 48 heavy (non-hydrogen) atoms. The number of hydrogen-bond donors (Lipinski definition) is 0. The monoisotopic (exact) mass is 658 g/mol. The minimum atomic E-state index is 0.102. The van der Waals surface area contributed by atoms with E-state index in [1.807, 2.05) is 62.4 Å². The summed E-state index contributed by atoms with van der Waals surface area (Å²) in [5, 5.41) is 0. The zero-order valence-electron chi connectivity index (χ0n) is 29.9. The maximum Gasteiger partial charge on any atom is 0.185 e. The van der Waals surface area contributed by atoms with Crippen LogP contribution in [0.3, 0.4) is 0 Å². The van der Waals surface area contributed by atoms with Crippen molar-refractivity contribution in [2.45, 2.75) is 104 Å². The lowest BCUT2D eigenvalue weighted by Gasteiger charge is -2.33. The lowest BCUT2D eigenvalue weighted by molar-refractivity contribution is -0.111. The van der Waals surface area contributed by atoms with Crippen molar-refractivity contribution >= 4 is 17.9 Å². The molecule has 3 fully saturated rings. The molecule has 2 atom stereocenters. The molecule has 262 valence electrons. The minimum absolute atomic E-state index is 0.102. The Labute approximate surface area is 289 Å². The smallest absolute Gasteiger partial charge is 0.185 e. The Balaban J connectivity index is 1.17. The predicted octanol–water partition coefficient (Wildman–Crippen LogP) is 8.60. The summed E-state index contributed by atoms with van der Waals surface area (Å²) in [5.41, 5.74) is 3.54. The van der Waals surface area contributed by atoms with Gasteiger partial charge in [-0.1, -0.05) is 25.0 Å². The molecule has 0 amide bonds. The number of rotatable bonds is 16. The van der Waals surface area contributed by atoms with Gasteiger partial charge in [-0.15, -0.1) is 0 Å². The SMILES string of the molecule is CCOc1cc(/C=C2\CC/C(=C\c3ccc(OCCCN4CCCCC4C)c(OCC)c3)C2=O)ccc1OCCCN1CCCCC1C. The van der Waals surface area contributed by atoms with E-state index in [9.17, 15) is 4.79 Å². The highest BCUT2D eigenvalue weighted by atomic mass is 16.5. The van der Waals surface area contributed by atoms with Crippen LogP contribution in [0.1, 0.15) is 103 Å². The van der Waals surface area contributed by atoms with Gasteiger partial charge in [-0.2, -0.15) is 0 Å². The second kappa shape index (κ2) is 18.5. The number of ketones is 1. The number of carbonyl (C=O) groups is 1. The van der Waals surface area contributed by atoms with E-state index in [0.29, 0.717) is 38.5 Å². The van der Waals surface area contributed by atoms with Crippen LogP contribution in [0.15, 0.2) is 47.5 Å². The first-order valence-electron chi connectivity index (χ1n) is 18.7. The van der Waals surface area contributed by atoms with Gasteiger partial charge in [-0.25, -0.2) is 0 Å². The first kappa shape index (κ1) is 36.0. The number of piperidine rings is 2. The van der Waals surface area contributed by atoms with Crippen molar-refractivity contribution < 1.29 is 23.7 Å². The van der Waals surface area contributed by atoms with E-state index in [2.05, 4.69) is 23.6 Å². The molecular formula is C41H58N2O5. The van der Waals surface area contributed by atoms with Crippen molar-refractivity contribution in [1.29, 1.82) is 0 Å². The Morgan fingerprint density at radius 2 is 1.10 bits per heavy atom. The Hall–Kier alpha value is -3.29. The normalized spacial score (nSPS) is 22.4. The second-order valence-electron chi connectivity index (χ2n) is 13.6. The third kappa shape index (κ3) is 10.1. The summed E-state index contributed by atoms with van der Waals surface area (Å²) in [5.74, 6) is 3.08. The van der Waals surface area contributed by atoms with Gasteiger partial charge in [0.25, 0.3) is 0 Å².